The molecule has 0 bridgehead atoms. The molecule has 0 aliphatic heterocycles. The van der Waals surface area contributed by atoms with Crippen molar-refractivity contribution in [1.29, 1.82) is 0 Å². The minimum Gasteiger partial charge on any atom is -0.352 e. The predicted molar refractivity (Wildman–Crippen MR) is 78.5 cm³/mol. The number of hydrogen-bond donors (Lipinski definition) is 2. The zero-order chi connectivity index (χ0) is 11.8. The SMILES string of the molecule is CN(C)C1CCCC(NC(=O)C2(N)CC2)C1.Cl.Cl. The monoisotopic (exact) mass is 297 g/mol. The van der Waals surface area contributed by atoms with Crippen LogP contribution >= 0.6 is 24.8 Å². The van der Waals surface area contributed by atoms with E-state index in [4.69, 9.17) is 5.73 Å². The molecule has 6 heteroatoms. The first kappa shape index (κ1) is 18.0. The zero-order valence-corrected chi connectivity index (χ0v) is 12.8. The Morgan fingerprint density at radius 2 is 1.89 bits per heavy atom. The first-order valence-electron chi connectivity index (χ1n) is 6.27. The molecular weight excluding hydrogens is 273 g/mol. The molecule has 0 saturated heterocycles. The molecule has 2 fully saturated rings. The van der Waals surface area contributed by atoms with Crippen molar-refractivity contribution in [3.05, 3.63) is 0 Å². The molecule has 2 rings (SSSR count). The highest BCUT2D eigenvalue weighted by molar-refractivity contribution is 5.89. The highest BCUT2D eigenvalue weighted by atomic mass is 35.5. The van der Waals surface area contributed by atoms with Crippen molar-refractivity contribution in [1.82, 2.24) is 10.2 Å². The molecule has 0 aromatic carbocycles. The van der Waals surface area contributed by atoms with Crippen molar-refractivity contribution in [2.75, 3.05) is 14.1 Å². The Kier molecular flexibility index (Phi) is 6.93. The van der Waals surface area contributed by atoms with E-state index in [0.29, 0.717) is 12.1 Å². The summed E-state index contributed by atoms with van der Waals surface area (Å²) >= 11 is 0. The second-order valence-electron chi connectivity index (χ2n) is 5.61. The first-order chi connectivity index (χ1) is 7.51. The van der Waals surface area contributed by atoms with E-state index in [-0.39, 0.29) is 30.7 Å². The lowest BCUT2D eigenvalue weighted by molar-refractivity contribution is -0.124. The highest BCUT2D eigenvalue weighted by Crippen LogP contribution is 2.33. The van der Waals surface area contributed by atoms with Crippen LogP contribution in [0.4, 0.5) is 0 Å². The van der Waals surface area contributed by atoms with Crippen molar-refractivity contribution >= 4 is 30.7 Å². The lowest BCUT2D eigenvalue weighted by Crippen LogP contribution is -2.50. The van der Waals surface area contributed by atoms with E-state index in [9.17, 15) is 4.79 Å². The number of nitrogens with one attached hydrogen (secondary N) is 1. The van der Waals surface area contributed by atoms with Gasteiger partial charge in [0.15, 0.2) is 0 Å². The second kappa shape index (κ2) is 6.94. The zero-order valence-electron chi connectivity index (χ0n) is 11.1. The average molecular weight is 298 g/mol. The molecule has 3 N–H and O–H groups in total. The third kappa shape index (κ3) is 4.26. The highest BCUT2D eigenvalue weighted by Gasteiger charge is 2.46. The number of carbonyl (C=O) groups is 1. The molecule has 0 spiro atoms. The van der Waals surface area contributed by atoms with Gasteiger partial charge in [-0.1, -0.05) is 0 Å². The minimum absolute atomic E-state index is 0. The van der Waals surface area contributed by atoms with Crippen molar-refractivity contribution < 1.29 is 4.79 Å². The van der Waals surface area contributed by atoms with E-state index < -0.39 is 5.54 Å². The van der Waals surface area contributed by atoms with Crippen LogP contribution in [0.3, 0.4) is 0 Å². The van der Waals surface area contributed by atoms with E-state index >= 15 is 0 Å². The van der Waals surface area contributed by atoms with Crippen LogP contribution in [0.15, 0.2) is 0 Å². The summed E-state index contributed by atoms with van der Waals surface area (Å²) in [6, 6.07) is 0.932. The normalized spacial score (nSPS) is 28.9. The van der Waals surface area contributed by atoms with E-state index in [1.54, 1.807) is 0 Å². The third-order valence-corrected chi connectivity index (χ3v) is 3.95. The van der Waals surface area contributed by atoms with E-state index in [1.165, 1.54) is 12.8 Å². The summed E-state index contributed by atoms with van der Waals surface area (Å²) in [5.74, 6) is 0.0666. The fraction of sp³-hybridized carbons (Fsp3) is 0.917. The van der Waals surface area contributed by atoms with Crippen LogP contribution in [-0.4, -0.2) is 42.5 Å². The van der Waals surface area contributed by atoms with Crippen LogP contribution in [0.5, 0.6) is 0 Å². The van der Waals surface area contributed by atoms with Gasteiger partial charge in [-0.05, 0) is 52.6 Å². The number of nitrogens with zero attached hydrogens (tertiary/aromatic N) is 1. The molecule has 2 atom stereocenters. The summed E-state index contributed by atoms with van der Waals surface area (Å²) in [5, 5.41) is 3.12. The Hall–Kier alpha value is -0.0300. The van der Waals surface area contributed by atoms with Gasteiger partial charge in [0, 0.05) is 12.1 Å². The quantitative estimate of drug-likeness (QED) is 0.826. The van der Waals surface area contributed by atoms with Crippen molar-refractivity contribution in [2.45, 2.75) is 56.1 Å². The molecule has 2 saturated carbocycles. The molecule has 0 aromatic rings. The van der Waals surface area contributed by atoms with E-state index in [2.05, 4.69) is 24.3 Å². The Balaban J connectivity index is 0.00000144. The van der Waals surface area contributed by atoms with Gasteiger partial charge in [0.05, 0.1) is 5.54 Å². The Morgan fingerprint density at radius 1 is 1.28 bits per heavy atom. The van der Waals surface area contributed by atoms with Gasteiger partial charge in [-0.15, -0.1) is 24.8 Å². The molecule has 2 aliphatic rings. The smallest absolute Gasteiger partial charge is 0.240 e. The standard InChI is InChI=1S/C12H23N3O.2ClH/c1-15(2)10-5-3-4-9(8-10)14-11(16)12(13)6-7-12;;/h9-10H,3-8,13H2,1-2H3,(H,14,16);2*1H. The number of hydrogen-bond acceptors (Lipinski definition) is 3. The molecule has 108 valence electrons. The minimum atomic E-state index is -0.523. The van der Waals surface area contributed by atoms with Crippen LogP contribution in [0.25, 0.3) is 0 Å². The van der Waals surface area contributed by atoms with Crippen LogP contribution in [0, 0.1) is 0 Å². The van der Waals surface area contributed by atoms with E-state index in [1.807, 2.05) is 0 Å². The van der Waals surface area contributed by atoms with Gasteiger partial charge in [0.1, 0.15) is 0 Å². The Labute approximate surface area is 122 Å². The number of nitrogens with two attached hydrogens (primary N) is 1. The average Bonchev–Trinajstić information content (AvgIpc) is 2.98. The lowest BCUT2D eigenvalue weighted by Gasteiger charge is -2.34. The number of halogens is 2. The Bertz CT molecular complexity index is 282. The van der Waals surface area contributed by atoms with Crippen molar-refractivity contribution in [2.24, 2.45) is 5.73 Å². The van der Waals surface area contributed by atoms with Crippen LogP contribution in [0.1, 0.15) is 38.5 Å². The summed E-state index contributed by atoms with van der Waals surface area (Å²) in [6.07, 6.45) is 6.31. The second-order valence-corrected chi connectivity index (χ2v) is 5.61. The Morgan fingerprint density at radius 3 is 2.39 bits per heavy atom. The maximum atomic E-state index is 11.8. The molecule has 0 aromatic heterocycles. The molecule has 0 heterocycles. The maximum absolute atomic E-state index is 11.8. The van der Waals surface area contributed by atoms with Crippen molar-refractivity contribution in [3.8, 4) is 0 Å². The molecular formula is C12H25Cl2N3O. The van der Waals surface area contributed by atoms with Gasteiger partial charge in [-0.3, -0.25) is 4.79 Å². The van der Waals surface area contributed by atoms with Crippen LogP contribution < -0.4 is 11.1 Å². The molecule has 0 radical (unpaired) electrons. The van der Waals surface area contributed by atoms with Crippen LogP contribution in [0.2, 0.25) is 0 Å². The fourth-order valence-corrected chi connectivity index (χ4v) is 2.45. The van der Waals surface area contributed by atoms with Gasteiger partial charge in [0.2, 0.25) is 5.91 Å². The molecule has 1 amide bonds. The number of rotatable bonds is 3. The van der Waals surface area contributed by atoms with Gasteiger partial charge in [0.25, 0.3) is 0 Å². The summed E-state index contributed by atoms with van der Waals surface area (Å²) < 4.78 is 0. The summed E-state index contributed by atoms with van der Waals surface area (Å²) in [4.78, 5) is 14.1. The molecule has 2 aliphatic carbocycles. The van der Waals surface area contributed by atoms with Gasteiger partial charge in [-0.25, -0.2) is 0 Å². The van der Waals surface area contributed by atoms with Gasteiger partial charge < -0.3 is 16.0 Å². The fourth-order valence-electron chi connectivity index (χ4n) is 2.45. The number of amides is 1. The topological polar surface area (TPSA) is 58.4 Å². The summed E-state index contributed by atoms with van der Waals surface area (Å²) in [5.41, 5.74) is 5.36. The van der Waals surface area contributed by atoms with Crippen molar-refractivity contribution in [3.63, 3.8) is 0 Å². The van der Waals surface area contributed by atoms with Gasteiger partial charge >= 0.3 is 0 Å². The van der Waals surface area contributed by atoms with Gasteiger partial charge in [-0.2, -0.15) is 0 Å². The van der Waals surface area contributed by atoms with Crippen LogP contribution in [-0.2, 0) is 4.79 Å². The molecule has 2 unspecified atom stereocenters. The summed E-state index contributed by atoms with van der Waals surface area (Å²) in [6.45, 7) is 0. The first-order valence-corrected chi connectivity index (χ1v) is 6.27. The molecule has 4 nitrogen and oxygen atoms in total. The predicted octanol–water partition coefficient (Wildman–Crippen LogP) is 1.31. The lowest BCUT2D eigenvalue weighted by atomic mass is 9.90. The number of carbonyl (C=O) groups excluding carboxylic acids is 1. The summed E-state index contributed by atoms with van der Waals surface area (Å²) in [7, 11) is 4.22. The third-order valence-electron chi connectivity index (χ3n) is 3.95. The van der Waals surface area contributed by atoms with E-state index in [0.717, 1.165) is 25.7 Å². The maximum Gasteiger partial charge on any atom is 0.240 e. The molecule has 18 heavy (non-hydrogen) atoms. The largest absolute Gasteiger partial charge is 0.352 e.